The Bertz CT molecular complexity index is 379. The summed E-state index contributed by atoms with van der Waals surface area (Å²) in [6.45, 7) is 1.92. The maximum absolute atomic E-state index is 10.9. The lowest BCUT2D eigenvalue weighted by Crippen LogP contribution is -2.26. The maximum atomic E-state index is 10.9. The number of aryl methyl sites for hydroxylation is 1. The molecule has 2 N–H and O–H groups in total. The molecule has 0 radical (unpaired) electrons. The van der Waals surface area contributed by atoms with Crippen LogP contribution >= 0.6 is 11.5 Å². The molecule has 0 aliphatic carbocycles. The molecule has 1 amide bonds. The minimum atomic E-state index is -0.125. The SMILES string of the molecule is CNC(=O)CNc1snc(C)c1C#N. The van der Waals surface area contributed by atoms with Gasteiger partial charge in [-0.25, -0.2) is 0 Å². The third-order valence-corrected chi connectivity index (χ3v) is 2.56. The Morgan fingerprint density at radius 1 is 1.71 bits per heavy atom. The largest absolute Gasteiger partial charge is 0.366 e. The second-order valence-electron chi connectivity index (χ2n) is 2.61. The zero-order chi connectivity index (χ0) is 10.6. The van der Waals surface area contributed by atoms with Crippen molar-refractivity contribution in [1.29, 1.82) is 5.26 Å². The number of nitriles is 1. The van der Waals surface area contributed by atoms with Crippen LogP contribution in [0.4, 0.5) is 5.00 Å². The Hall–Kier alpha value is -1.61. The van der Waals surface area contributed by atoms with E-state index in [1.54, 1.807) is 14.0 Å². The second-order valence-corrected chi connectivity index (χ2v) is 3.38. The number of nitrogens with one attached hydrogen (secondary N) is 2. The van der Waals surface area contributed by atoms with Crippen LogP contribution in [-0.4, -0.2) is 23.9 Å². The van der Waals surface area contributed by atoms with Gasteiger partial charge in [0.05, 0.1) is 12.2 Å². The third kappa shape index (κ3) is 2.20. The van der Waals surface area contributed by atoms with Crippen LogP contribution < -0.4 is 10.6 Å². The number of hydrogen-bond donors (Lipinski definition) is 2. The van der Waals surface area contributed by atoms with Crippen molar-refractivity contribution in [1.82, 2.24) is 9.69 Å². The molecule has 1 aromatic rings. The Kier molecular flexibility index (Phi) is 3.42. The fourth-order valence-electron chi connectivity index (χ4n) is 0.871. The van der Waals surface area contributed by atoms with E-state index in [0.29, 0.717) is 16.3 Å². The van der Waals surface area contributed by atoms with Crippen molar-refractivity contribution in [3.63, 3.8) is 0 Å². The van der Waals surface area contributed by atoms with E-state index in [1.165, 1.54) is 11.5 Å². The third-order valence-electron chi connectivity index (χ3n) is 1.66. The first-order valence-corrected chi connectivity index (χ1v) is 4.77. The standard InChI is InChI=1S/C8H10N4OS/c1-5-6(3-9)8(14-12-5)11-4-7(13)10-2/h11H,4H2,1-2H3,(H,10,13). The lowest BCUT2D eigenvalue weighted by Gasteiger charge is -2.01. The van der Waals surface area contributed by atoms with Crippen molar-refractivity contribution in [2.45, 2.75) is 6.92 Å². The number of likely N-dealkylation sites (N-methyl/N-ethyl adjacent to an activating group) is 1. The van der Waals surface area contributed by atoms with E-state index >= 15 is 0 Å². The number of hydrogen-bond acceptors (Lipinski definition) is 5. The van der Waals surface area contributed by atoms with Gasteiger partial charge in [-0.1, -0.05) is 0 Å². The average Bonchev–Trinajstić information content (AvgIpc) is 2.55. The van der Waals surface area contributed by atoms with Crippen LogP contribution in [0.15, 0.2) is 0 Å². The van der Waals surface area contributed by atoms with Crippen molar-refractivity contribution in [2.24, 2.45) is 0 Å². The molecule has 0 fully saturated rings. The van der Waals surface area contributed by atoms with Gasteiger partial charge in [0.15, 0.2) is 0 Å². The van der Waals surface area contributed by atoms with Crippen LogP contribution in [0.25, 0.3) is 0 Å². The molecule has 14 heavy (non-hydrogen) atoms. The Labute approximate surface area is 85.9 Å². The van der Waals surface area contributed by atoms with Crippen LogP contribution in [0.3, 0.4) is 0 Å². The number of amides is 1. The number of carbonyl (C=O) groups excluding carboxylic acids is 1. The molecule has 0 aromatic carbocycles. The summed E-state index contributed by atoms with van der Waals surface area (Å²) in [7, 11) is 1.56. The average molecular weight is 210 g/mol. The molecule has 1 aromatic heterocycles. The molecule has 5 nitrogen and oxygen atoms in total. The molecular weight excluding hydrogens is 200 g/mol. The Morgan fingerprint density at radius 2 is 2.43 bits per heavy atom. The minimum Gasteiger partial charge on any atom is -0.366 e. The molecule has 74 valence electrons. The van der Waals surface area contributed by atoms with Gasteiger partial charge in [-0.05, 0) is 18.5 Å². The molecule has 0 unspecified atom stereocenters. The normalized spacial score (nSPS) is 9.21. The molecule has 0 saturated heterocycles. The number of nitrogens with zero attached hydrogens (tertiary/aromatic N) is 2. The summed E-state index contributed by atoms with van der Waals surface area (Å²) in [6, 6.07) is 2.04. The van der Waals surface area contributed by atoms with E-state index in [-0.39, 0.29) is 12.5 Å². The van der Waals surface area contributed by atoms with E-state index in [9.17, 15) is 4.79 Å². The summed E-state index contributed by atoms with van der Waals surface area (Å²) in [6.07, 6.45) is 0. The molecule has 0 aliphatic heterocycles. The Morgan fingerprint density at radius 3 is 3.00 bits per heavy atom. The van der Waals surface area contributed by atoms with Crippen LogP contribution in [-0.2, 0) is 4.79 Å². The number of rotatable bonds is 3. The fourth-order valence-corrected chi connectivity index (χ4v) is 1.61. The highest BCUT2D eigenvalue weighted by Gasteiger charge is 2.10. The molecule has 0 saturated carbocycles. The molecule has 1 heterocycles. The van der Waals surface area contributed by atoms with Gasteiger partial charge in [0.25, 0.3) is 0 Å². The van der Waals surface area contributed by atoms with E-state index in [4.69, 9.17) is 5.26 Å². The van der Waals surface area contributed by atoms with Gasteiger partial charge in [-0.2, -0.15) is 9.64 Å². The summed E-state index contributed by atoms with van der Waals surface area (Å²) in [5.41, 5.74) is 1.20. The molecule has 0 bridgehead atoms. The quantitative estimate of drug-likeness (QED) is 0.760. The van der Waals surface area contributed by atoms with Crippen molar-refractivity contribution in [3.05, 3.63) is 11.3 Å². The highest BCUT2D eigenvalue weighted by molar-refractivity contribution is 7.10. The number of anilines is 1. The second kappa shape index (κ2) is 4.58. The van der Waals surface area contributed by atoms with Gasteiger partial charge in [-0.15, -0.1) is 0 Å². The van der Waals surface area contributed by atoms with Crippen LogP contribution in [0.5, 0.6) is 0 Å². The monoisotopic (exact) mass is 210 g/mol. The summed E-state index contributed by atoms with van der Waals surface area (Å²) >= 11 is 1.19. The highest BCUT2D eigenvalue weighted by atomic mass is 32.1. The van der Waals surface area contributed by atoms with Crippen LogP contribution in [0, 0.1) is 18.3 Å². The summed E-state index contributed by atoms with van der Waals surface area (Å²) in [5, 5.41) is 14.8. The highest BCUT2D eigenvalue weighted by Crippen LogP contribution is 2.22. The van der Waals surface area contributed by atoms with Gasteiger partial charge >= 0.3 is 0 Å². The van der Waals surface area contributed by atoms with E-state index < -0.39 is 0 Å². The van der Waals surface area contributed by atoms with Crippen LogP contribution in [0.1, 0.15) is 11.3 Å². The summed E-state index contributed by atoms with van der Waals surface area (Å²) in [4.78, 5) is 10.9. The predicted octanol–water partition coefficient (Wildman–Crippen LogP) is 0.481. The van der Waals surface area contributed by atoms with E-state index in [2.05, 4.69) is 15.0 Å². The lowest BCUT2D eigenvalue weighted by atomic mass is 10.3. The smallest absolute Gasteiger partial charge is 0.239 e. The zero-order valence-electron chi connectivity index (χ0n) is 7.92. The molecular formula is C8H10N4OS. The first-order chi connectivity index (χ1) is 6.69. The fraction of sp³-hybridized carbons (Fsp3) is 0.375. The van der Waals surface area contributed by atoms with Crippen molar-refractivity contribution in [2.75, 3.05) is 18.9 Å². The molecule has 0 aliphatic rings. The van der Waals surface area contributed by atoms with Crippen molar-refractivity contribution < 1.29 is 4.79 Å². The zero-order valence-corrected chi connectivity index (χ0v) is 8.73. The van der Waals surface area contributed by atoms with Gasteiger partial charge in [0.2, 0.25) is 5.91 Å². The Balaban J connectivity index is 2.68. The van der Waals surface area contributed by atoms with Crippen molar-refractivity contribution >= 4 is 22.4 Å². The van der Waals surface area contributed by atoms with Gasteiger partial charge in [0, 0.05) is 7.05 Å². The summed E-state index contributed by atoms with van der Waals surface area (Å²) in [5.74, 6) is -0.125. The van der Waals surface area contributed by atoms with Crippen molar-refractivity contribution in [3.8, 4) is 6.07 Å². The van der Waals surface area contributed by atoms with E-state index in [0.717, 1.165) is 0 Å². The lowest BCUT2D eigenvalue weighted by molar-refractivity contribution is -0.118. The van der Waals surface area contributed by atoms with E-state index in [1.807, 2.05) is 6.07 Å². The maximum Gasteiger partial charge on any atom is 0.239 e. The summed E-state index contributed by atoms with van der Waals surface area (Å²) < 4.78 is 4.02. The minimum absolute atomic E-state index is 0.125. The first-order valence-electron chi connectivity index (χ1n) is 4.00. The van der Waals surface area contributed by atoms with Gasteiger partial charge < -0.3 is 10.6 Å². The first kappa shape index (κ1) is 10.5. The predicted molar refractivity (Wildman–Crippen MR) is 54.1 cm³/mol. The molecule has 0 atom stereocenters. The number of carbonyl (C=O) groups is 1. The molecule has 1 rings (SSSR count). The van der Waals surface area contributed by atoms with Gasteiger partial charge in [-0.3, -0.25) is 4.79 Å². The van der Waals surface area contributed by atoms with Gasteiger partial charge in [0.1, 0.15) is 16.6 Å². The topological polar surface area (TPSA) is 77.8 Å². The number of aromatic nitrogens is 1. The molecule has 0 spiro atoms. The van der Waals surface area contributed by atoms with Crippen LogP contribution in [0.2, 0.25) is 0 Å². The molecule has 6 heteroatoms.